The summed E-state index contributed by atoms with van der Waals surface area (Å²) in [6.45, 7) is 4.16. The second-order valence-electron chi connectivity index (χ2n) is 4.92. The van der Waals surface area contributed by atoms with Gasteiger partial charge in [0.15, 0.2) is 5.65 Å². The minimum absolute atomic E-state index is 0.752. The summed E-state index contributed by atoms with van der Waals surface area (Å²) in [5.74, 6) is 1.92. The average Bonchev–Trinajstić information content (AvgIpc) is 2.76. The van der Waals surface area contributed by atoms with Gasteiger partial charge < -0.3 is 4.57 Å². The Labute approximate surface area is 133 Å². The number of pyridine rings is 1. The molecule has 3 rings (SSSR count). The third-order valence-electron chi connectivity index (χ3n) is 3.33. The largest absolute Gasteiger partial charge is 0.312 e. The predicted octanol–water partition coefficient (Wildman–Crippen LogP) is 4.71. The number of rotatable bonds is 3. The molecular weight excluding hydrogens is 302 g/mol. The lowest BCUT2D eigenvalue weighted by molar-refractivity contribution is 0.937. The topological polar surface area (TPSA) is 30.7 Å². The molecule has 3 aromatic rings. The first kappa shape index (κ1) is 14.4. The van der Waals surface area contributed by atoms with Crippen molar-refractivity contribution >= 4 is 34.5 Å². The van der Waals surface area contributed by atoms with E-state index in [1.165, 1.54) is 0 Å². The molecule has 2 aromatic heterocycles. The van der Waals surface area contributed by atoms with Crippen LogP contribution in [0.3, 0.4) is 0 Å². The summed E-state index contributed by atoms with van der Waals surface area (Å²) in [6, 6.07) is 8.01. The molecule has 3 nitrogen and oxygen atoms in total. The fourth-order valence-corrected chi connectivity index (χ4v) is 3.45. The van der Waals surface area contributed by atoms with Crippen LogP contribution in [-0.2, 0) is 7.05 Å². The van der Waals surface area contributed by atoms with Gasteiger partial charge in [-0.25, -0.2) is 9.97 Å². The van der Waals surface area contributed by atoms with Crippen LogP contribution < -0.4 is 0 Å². The third kappa shape index (κ3) is 2.65. The number of aromatic nitrogens is 3. The Kier molecular flexibility index (Phi) is 3.91. The van der Waals surface area contributed by atoms with E-state index in [1.807, 2.05) is 42.9 Å². The summed E-state index contributed by atoms with van der Waals surface area (Å²) in [6.07, 6.45) is 1.87. The molecule has 0 N–H and O–H groups in total. The van der Waals surface area contributed by atoms with Gasteiger partial charge in [0.25, 0.3) is 0 Å². The molecule has 1 aromatic carbocycles. The SMILES string of the molecule is CCSc1cc(Cl)ccc1-c1nc2cc(C)cnc2n1C. The first-order valence-electron chi connectivity index (χ1n) is 6.82. The fourth-order valence-electron chi connectivity index (χ4n) is 2.37. The second kappa shape index (κ2) is 5.70. The van der Waals surface area contributed by atoms with Crippen LogP contribution in [0.15, 0.2) is 35.4 Å². The minimum atomic E-state index is 0.752. The van der Waals surface area contributed by atoms with Gasteiger partial charge in [0.05, 0.1) is 0 Å². The quantitative estimate of drug-likeness (QED) is 0.655. The van der Waals surface area contributed by atoms with Crippen molar-refractivity contribution in [1.29, 1.82) is 0 Å². The van der Waals surface area contributed by atoms with Crippen molar-refractivity contribution in [2.24, 2.45) is 7.05 Å². The lowest BCUT2D eigenvalue weighted by Crippen LogP contribution is -1.95. The number of thioether (sulfide) groups is 1. The zero-order valence-corrected chi connectivity index (χ0v) is 13.8. The molecular formula is C16H16ClN3S. The Morgan fingerprint density at radius 3 is 2.86 bits per heavy atom. The highest BCUT2D eigenvalue weighted by molar-refractivity contribution is 7.99. The number of halogens is 1. The summed E-state index contributed by atoms with van der Waals surface area (Å²) in [4.78, 5) is 10.4. The highest BCUT2D eigenvalue weighted by atomic mass is 35.5. The van der Waals surface area contributed by atoms with E-state index in [2.05, 4.69) is 18.0 Å². The van der Waals surface area contributed by atoms with E-state index in [4.69, 9.17) is 16.6 Å². The van der Waals surface area contributed by atoms with Gasteiger partial charge in [0, 0.05) is 28.7 Å². The lowest BCUT2D eigenvalue weighted by Gasteiger charge is -2.08. The highest BCUT2D eigenvalue weighted by Gasteiger charge is 2.14. The van der Waals surface area contributed by atoms with Crippen molar-refractivity contribution in [2.75, 3.05) is 5.75 Å². The molecule has 0 radical (unpaired) electrons. The van der Waals surface area contributed by atoms with E-state index in [9.17, 15) is 0 Å². The summed E-state index contributed by atoms with van der Waals surface area (Å²) < 4.78 is 2.04. The summed E-state index contributed by atoms with van der Waals surface area (Å²) >= 11 is 7.90. The summed E-state index contributed by atoms with van der Waals surface area (Å²) in [5.41, 5.74) is 4.05. The molecule has 0 unspecified atom stereocenters. The van der Waals surface area contributed by atoms with Crippen molar-refractivity contribution in [3.63, 3.8) is 0 Å². The van der Waals surface area contributed by atoms with Crippen molar-refractivity contribution < 1.29 is 0 Å². The van der Waals surface area contributed by atoms with Crippen LogP contribution in [0.25, 0.3) is 22.6 Å². The van der Waals surface area contributed by atoms with E-state index in [0.717, 1.165) is 43.8 Å². The van der Waals surface area contributed by atoms with E-state index >= 15 is 0 Å². The second-order valence-corrected chi connectivity index (χ2v) is 6.67. The number of fused-ring (bicyclic) bond motifs is 1. The number of imidazole rings is 1. The van der Waals surface area contributed by atoms with Gasteiger partial charge in [0.2, 0.25) is 0 Å². The molecule has 0 saturated heterocycles. The molecule has 0 spiro atoms. The Morgan fingerprint density at radius 2 is 2.10 bits per heavy atom. The Hall–Kier alpha value is -1.52. The fraction of sp³-hybridized carbons (Fsp3) is 0.250. The van der Waals surface area contributed by atoms with Gasteiger partial charge in [-0.3, -0.25) is 0 Å². The molecule has 0 bridgehead atoms. The molecule has 5 heteroatoms. The molecule has 0 aliphatic rings. The van der Waals surface area contributed by atoms with E-state index in [1.54, 1.807) is 11.8 Å². The molecule has 21 heavy (non-hydrogen) atoms. The standard InChI is InChI=1S/C16H16ClN3S/c1-4-21-14-8-11(17)5-6-12(14)15-19-13-7-10(2)9-18-16(13)20(15)3/h5-9H,4H2,1-3H3. The molecule has 0 saturated carbocycles. The third-order valence-corrected chi connectivity index (χ3v) is 4.50. The first-order chi connectivity index (χ1) is 10.1. The van der Waals surface area contributed by atoms with Gasteiger partial charge >= 0.3 is 0 Å². The van der Waals surface area contributed by atoms with Crippen LogP contribution >= 0.6 is 23.4 Å². The van der Waals surface area contributed by atoms with E-state index in [0.29, 0.717) is 0 Å². The smallest absolute Gasteiger partial charge is 0.160 e. The van der Waals surface area contributed by atoms with Crippen LogP contribution in [0, 0.1) is 6.92 Å². The van der Waals surface area contributed by atoms with Crippen LogP contribution in [0.4, 0.5) is 0 Å². The molecule has 0 aliphatic heterocycles. The average molecular weight is 318 g/mol. The van der Waals surface area contributed by atoms with Crippen LogP contribution in [0.1, 0.15) is 12.5 Å². The molecule has 0 aliphatic carbocycles. The monoisotopic (exact) mass is 317 g/mol. The molecule has 0 amide bonds. The Bertz CT molecular complexity index is 811. The van der Waals surface area contributed by atoms with Crippen LogP contribution in [0.2, 0.25) is 5.02 Å². The number of hydrogen-bond acceptors (Lipinski definition) is 3. The van der Waals surface area contributed by atoms with Crippen molar-refractivity contribution in [1.82, 2.24) is 14.5 Å². The van der Waals surface area contributed by atoms with Gasteiger partial charge in [0.1, 0.15) is 11.3 Å². The molecule has 2 heterocycles. The van der Waals surface area contributed by atoms with Crippen molar-refractivity contribution in [2.45, 2.75) is 18.7 Å². The summed E-state index contributed by atoms with van der Waals surface area (Å²) in [7, 11) is 2.00. The van der Waals surface area contributed by atoms with E-state index < -0.39 is 0 Å². The lowest BCUT2D eigenvalue weighted by atomic mass is 10.2. The number of aryl methyl sites for hydroxylation is 2. The first-order valence-corrected chi connectivity index (χ1v) is 8.18. The van der Waals surface area contributed by atoms with Gasteiger partial charge in [-0.05, 0) is 42.5 Å². The predicted molar refractivity (Wildman–Crippen MR) is 90.1 cm³/mol. The number of nitrogens with zero attached hydrogens (tertiary/aromatic N) is 3. The maximum absolute atomic E-state index is 6.13. The van der Waals surface area contributed by atoms with Crippen molar-refractivity contribution in [3.8, 4) is 11.4 Å². The maximum Gasteiger partial charge on any atom is 0.160 e. The summed E-state index contributed by atoms with van der Waals surface area (Å²) in [5, 5.41) is 0.752. The minimum Gasteiger partial charge on any atom is -0.312 e. The normalized spacial score (nSPS) is 11.2. The Balaban J connectivity index is 2.22. The highest BCUT2D eigenvalue weighted by Crippen LogP contribution is 2.34. The van der Waals surface area contributed by atoms with Gasteiger partial charge in [-0.1, -0.05) is 18.5 Å². The zero-order valence-electron chi connectivity index (χ0n) is 12.2. The molecule has 0 fully saturated rings. The van der Waals surface area contributed by atoms with Gasteiger partial charge in [-0.15, -0.1) is 11.8 Å². The zero-order chi connectivity index (χ0) is 15.0. The molecule has 0 atom stereocenters. The van der Waals surface area contributed by atoms with E-state index in [-0.39, 0.29) is 0 Å². The van der Waals surface area contributed by atoms with Crippen LogP contribution in [0.5, 0.6) is 0 Å². The van der Waals surface area contributed by atoms with Crippen LogP contribution in [-0.4, -0.2) is 20.3 Å². The maximum atomic E-state index is 6.13. The Morgan fingerprint density at radius 1 is 1.29 bits per heavy atom. The van der Waals surface area contributed by atoms with Gasteiger partial charge in [-0.2, -0.15) is 0 Å². The number of benzene rings is 1. The van der Waals surface area contributed by atoms with Crippen molar-refractivity contribution in [3.05, 3.63) is 41.0 Å². The number of hydrogen-bond donors (Lipinski definition) is 0. The molecule has 108 valence electrons.